The van der Waals surface area contributed by atoms with Gasteiger partial charge in [0.05, 0.1) is 6.17 Å². The predicted molar refractivity (Wildman–Crippen MR) is 85.4 cm³/mol. The van der Waals surface area contributed by atoms with Crippen LogP contribution in [-0.4, -0.2) is 48.8 Å². The summed E-state index contributed by atoms with van der Waals surface area (Å²) in [4.78, 5) is 10.6. The summed E-state index contributed by atoms with van der Waals surface area (Å²) >= 11 is 0. The minimum atomic E-state index is -0.577. The summed E-state index contributed by atoms with van der Waals surface area (Å²) in [5.41, 5.74) is 12.1. The molecular formula is C13H27N4O4Ti-. The summed E-state index contributed by atoms with van der Waals surface area (Å²) in [7, 11) is 3.00. The molecule has 1 atom stereocenters. The van der Waals surface area contributed by atoms with Gasteiger partial charge in [0, 0.05) is 54.4 Å². The van der Waals surface area contributed by atoms with Gasteiger partial charge in [0.15, 0.2) is 0 Å². The number of benzene rings is 1. The maximum atomic E-state index is 10.6. The molecule has 128 valence electrons. The van der Waals surface area contributed by atoms with Gasteiger partial charge in [-0.15, -0.1) is 6.42 Å². The van der Waals surface area contributed by atoms with Crippen LogP contribution >= 0.6 is 0 Å². The number of amides is 2. The van der Waals surface area contributed by atoms with E-state index in [1.807, 2.05) is 12.1 Å². The molecule has 1 rings (SSSR count). The number of carbonyl (C=O) groups excluding carboxylic acids is 1. The summed E-state index contributed by atoms with van der Waals surface area (Å²) in [6.45, 7) is 3.70. The van der Waals surface area contributed by atoms with Crippen LogP contribution in [0, 0.1) is 6.92 Å². The maximum absolute atomic E-state index is 10.6. The summed E-state index contributed by atoms with van der Waals surface area (Å²) in [6.07, 6.45) is 0.221. The molecule has 0 aliphatic carbocycles. The minimum absolute atomic E-state index is 0. The number of urea groups is 1. The number of carbonyl (C=O) groups is 1. The second-order valence-electron chi connectivity index (χ2n) is 3.12. The van der Waals surface area contributed by atoms with Crippen LogP contribution in [0.3, 0.4) is 0 Å². The Kier molecular flexibility index (Phi) is 28.8. The number of nitrogens with one attached hydrogen (secondary N) is 2. The number of nitrogens with two attached hydrogens (primary N) is 2. The van der Waals surface area contributed by atoms with Crippen molar-refractivity contribution in [3.05, 3.63) is 31.2 Å². The third-order valence-electron chi connectivity index (χ3n) is 1.86. The molecule has 0 bridgehead atoms. The third kappa shape index (κ3) is 16.7. The van der Waals surface area contributed by atoms with E-state index < -0.39 is 6.03 Å². The zero-order valence-corrected chi connectivity index (χ0v) is 14.8. The van der Waals surface area contributed by atoms with Gasteiger partial charge in [-0.1, -0.05) is 0 Å². The van der Waals surface area contributed by atoms with E-state index in [4.69, 9.17) is 26.8 Å². The van der Waals surface area contributed by atoms with Crippen molar-refractivity contribution in [1.82, 2.24) is 5.32 Å². The Morgan fingerprint density at radius 1 is 1.14 bits per heavy atom. The number of aliphatic hydroxyl groups excluding tert-OH is 3. The number of rotatable bonds is 4. The SMILES string of the molecule is CO.CO.CO.[CH2-]CC(NC(N)=O)Nc1ccc(N)cc1.[Ti]. The minimum Gasteiger partial charge on any atom is -0.400 e. The molecule has 0 aliphatic heterocycles. The molecule has 8 nitrogen and oxygen atoms in total. The molecule has 1 aromatic rings. The summed E-state index contributed by atoms with van der Waals surface area (Å²) < 4.78 is 0. The number of hydrogen-bond acceptors (Lipinski definition) is 6. The molecule has 1 aromatic carbocycles. The molecule has 0 saturated heterocycles. The van der Waals surface area contributed by atoms with Crippen LogP contribution in [0.15, 0.2) is 24.3 Å². The number of aliphatic hydroxyl groups is 3. The van der Waals surface area contributed by atoms with Crippen molar-refractivity contribution in [3.63, 3.8) is 0 Å². The summed E-state index contributed by atoms with van der Waals surface area (Å²) in [5.74, 6) is 0. The van der Waals surface area contributed by atoms with Crippen LogP contribution in [0.1, 0.15) is 6.42 Å². The van der Waals surface area contributed by atoms with Crippen molar-refractivity contribution >= 4 is 17.4 Å². The summed E-state index contributed by atoms with van der Waals surface area (Å²) in [5, 5.41) is 26.6. The molecule has 0 aliphatic rings. The predicted octanol–water partition coefficient (Wildman–Crippen LogP) is -0.278. The molecule has 2 amide bonds. The van der Waals surface area contributed by atoms with Gasteiger partial charge >= 0.3 is 6.03 Å². The smallest absolute Gasteiger partial charge is 0.313 e. The fourth-order valence-electron chi connectivity index (χ4n) is 1.13. The first-order valence-corrected chi connectivity index (χ1v) is 5.93. The van der Waals surface area contributed by atoms with Gasteiger partial charge in [0.1, 0.15) is 0 Å². The molecule has 0 spiro atoms. The van der Waals surface area contributed by atoms with E-state index in [9.17, 15) is 4.79 Å². The van der Waals surface area contributed by atoms with E-state index in [1.165, 1.54) is 0 Å². The van der Waals surface area contributed by atoms with Crippen LogP contribution in [0.5, 0.6) is 0 Å². The van der Waals surface area contributed by atoms with Crippen molar-refractivity contribution in [2.45, 2.75) is 12.6 Å². The fraction of sp³-hybridized carbons (Fsp3) is 0.385. The van der Waals surface area contributed by atoms with Crippen molar-refractivity contribution in [2.24, 2.45) is 5.73 Å². The Bertz CT molecular complexity index is 339. The maximum Gasteiger partial charge on any atom is 0.313 e. The van der Waals surface area contributed by atoms with Gasteiger partial charge < -0.3 is 44.3 Å². The number of anilines is 2. The summed E-state index contributed by atoms with van der Waals surface area (Å²) in [6, 6.07) is 6.60. The molecule has 9 N–H and O–H groups in total. The second kappa shape index (κ2) is 22.0. The van der Waals surface area contributed by atoms with Gasteiger partial charge in [-0.25, -0.2) is 4.79 Å². The molecule has 0 heterocycles. The normalized spacial score (nSPS) is 8.86. The largest absolute Gasteiger partial charge is 0.400 e. The van der Waals surface area contributed by atoms with Gasteiger partial charge in [0.25, 0.3) is 0 Å². The van der Waals surface area contributed by atoms with Crippen molar-refractivity contribution < 1.29 is 41.8 Å². The monoisotopic (exact) mass is 351 g/mol. The fourth-order valence-corrected chi connectivity index (χ4v) is 1.13. The average molecular weight is 351 g/mol. The standard InChI is InChI=1S/C10H15N4O.3CH4O.Ti/c1-2-9(14-10(12)15)13-8-5-3-7(11)4-6-8;3*1-2;/h3-6,9,13H,1-2,11H2,(H3,12,14,15);3*2H,1H3;/q-1;;;;. The molecular weight excluding hydrogens is 324 g/mol. The van der Waals surface area contributed by atoms with E-state index in [0.29, 0.717) is 12.1 Å². The first-order valence-electron chi connectivity index (χ1n) is 5.93. The Hall–Kier alpha value is -1.32. The molecule has 0 aromatic heterocycles. The number of hydrogen-bond donors (Lipinski definition) is 7. The molecule has 0 radical (unpaired) electrons. The quantitative estimate of drug-likeness (QED) is 0.171. The molecule has 1 unspecified atom stereocenters. The van der Waals surface area contributed by atoms with Crippen LogP contribution < -0.4 is 22.1 Å². The first-order chi connectivity index (χ1) is 10.1. The van der Waals surface area contributed by atoms with Gasteiger partial charge in [0.2, 0.25) is 0 Å². The van der Waals surface area contributed by atoms with Crippen molar-refractivity contribution in [1.29, 1.82) is 0 Å². The van der Waals surface area contributed by atoms with E-state index in [-0.39, 0.29) is 27.9 Å². The van der Waals surface area contributed by atoms with Crippen LogP contribution in [0.25, 0.3) is 0 Å². The van der Waals surface area contributed by atoms with Crippen LogP contribution in [0.4, 0.5) is 16.2 Å². The van der Waals surface area contributed by atoms with Crippen LogP contribution in [-0.2, 0) is 21.7 Å². The Labute approximate surface area is 146 Å². The molecule has 22 heavy (non-hydrogen) atoms. The molecule has 0 fully saturated rings. The zero-order chi connectivity index (χ0) is 17.3. The average Bonchev–Trinajstić information content (AvgIpc) is 2.54. The first kappa shape index (κ1) is 28.8. The molecule has 9 heteroatoms. The Balaban J connectivity index is -0.000000206. The zero-order valence-electron chi connectivity index (χ0n) is 13.2. The molecule has 0 saturated carbocycles. The van der Waals surface area contributed by atoms with Gasteiger partial charge in [-0.05, 0) is 24.3 Å². The van der Waals surface area contributed by atoms with E-state index >= 15 is 0 Å². The second-order valence-corrected chi connectivity index (χ2v) is 3.12. The number of nitrogen functional groups attached to an aromatic ring is 1. The topological polar surface area (TPSA) is 154 Å². The van der Waals surface area contributed by atoms with E-state index in [2.05, 4.69) is 17.6 Å². The Morgan fingerprint density at radius 3 is 1.86 bits per heavy atom. The Morgan fingerprint density at radius 2 is 1.55 bits per heavy atom. The van der Waals surface area contributed by atoms with Crippen molar-refractivity contribution in [3.8, 4) is 0 Å². The van der Waals surface area contributed by atoms with Crippen molar-refractivity contribution in [2.75, 3.05) is 32.4 Å². The van der Waals surface area contributed by atoms with Gasteiger partial charge in [-0.2, -0.15) is 0 Å². The third-order valence-corrected chi connectivity index (χ3v) is 1.86. The van der Waals surface area contributed by atoms with E-state index in [0.717, 1.165) is 27.0 Å². The van der Waals surface area contributed by atoms with Gasteiger partial charge in [-0.3, -0.25) is 0 Å². The van der Waals surface area contributed by atoms with Crippen LogP contribution in [0.2, 0.25) is 0 Å². The van der Waals surface area contributed by atoms with E-state index in [1.54, 1.807) is 12.1 Å². The number of primary amides is 1.